The van der Waals surface area contributed by atoms with E-state index in [0.717, 1.165) is 35.9 Å². The van der Waals surface area contributed by atoms with Gasteiger partial charge in [0.25, 0.3) is 0 Å². The molecule has 23 heavy (non-hydrogen) atoms. The van der Waals surface area contributed by atoms with Crippen LogP contribution < -0.4 is 5.32 Å². The first-order valence-corrected chi connectivity index (χ1v) is 8.20. The van der Waals surface area contributed by atoms with E-state index in [9.17, 15) is 13.6 Å². The summed E-state index contributed by atoms with van der Waals surface area (Å²) < 4.78 is 26.4. The van der Waals surface area contributed by atoms with E-state index in [2.05, 4.69) is 10.3 Å². The number of nitrogens with zero attached hydrogens (tertiary/aromatic N) is 2. The number of anilines is 1. The Morgan fingerprint density at radius 2 is 2.17 bits per heavy atom. The zero-order valence-electron chi connectivity index (χ0n) is 12.6. The van der Waals surface area contributed by atoms with Gasteiger partial charge in [-0.2, -0.15) is 0 Å². The number of aliphatic imine (C=N–C) groups is 1. The Balaban J connectivity index is 0.00000192. The van der Waals surface area contributed by atoms with Crippen LogP contribution in [0.5, 0.6) is 0 Å². The van der Waals surface area contributed by atoms with E-state index >= 15 is 0 Å². The first-order chi connectivity index (χ1) is 10.5. The molecule has 2 fully saturated rings. The van der Waals surface area contributed by atoms with E-state index in [1.165, 1.54) is 6.07 Å². The Hall–Kier alpha value is -1.34. The second kappa shape index (κ2) is 7.49. The van der Waals surface area contributed by atoms with Crippen molar-refractivity contribution in [1.82, 2.24) is 4.90 Å². The Labute approximate surface area is 144 Å². The monoisotopic (exact) mass is 361 g/mol. The first kappa shape index (κ1) is 18.0. The van der Waals surface area contributed by atoms with Gasteiger partial charge in [0.15, 0.2) is 5.17 Å². The minimum Gasteiger partial charge on any atom is -0.350 e. The van der Waals surface area contributed by atoms with Crippen molar-refractivity contribution < 1.29 is 13.6 Å². The molecule has 1 aliphatic carbocycles. The van der Waals surface area contributed by atoms with E-state index in [1.54, 1.807) is 11.8 Å². The van der Waals surface area contributed by atoms with E-state index in [4.69, 9.17) is 0 Å². The largest absolute Gasteiger partial charge is 0.350 e. The summed E-state index contributed by atoms with van der Waals surface area (Å²) >= 11 is 1.65. The molecule has 1 aliphatic heterocycles. The van der Waals surface area contributed by atoms with Gasteiger partial charge in [0.1, 0.15) is 11.6 Å². The van der Waals surface area contributed by atoms with Gasteiger partial charge in [0.2, 0.25) is 5.91 Å². The van der Waals surface area contributed by atoms with Gasteiger partial charge in [-0.15, -0.1) is 12.4 Å². The summed E-state index contributed by atoms with van der Waals surface area (Å²) in [6.45, 7) is 0. The van der Waals surface area contributed by atoms with Crippen LogP contribution >= 0.6 is 24.2 Å². The molecule has 1 atom stereocenters. The fourth-order valence-corrected chi connectivity index (χ4v) is 3.49. The van der Waals surface area contributed by atoms with Gasteiger partial charge >= 0.3 is 0 Å². The van der Waals surface area contributed by atoms with Gasteiger partial charge in [-0.3, -0.25) is 9.79 Å². The van der Waals surface area contributed by atoms with Crippen molar-refractivity contribution in [3.8, 4) is 0 Å². The lowest BCUT2D eigenvalue weighted by Gasteiger charge is -2.20. The van der Waals surface area contributed by atoms with Crippen LogP contribution in [0.1, 0.15) is 19.3 Å². The number of hydrogen-bond acceptors (Lipinski definition) is 3. The van der Waals surface area contributed by atoms with Gasteiger partial charge in [-0.25, -0.2) is 8.78 Å². The van der Waals surface area contributed by atoms with Gasteiger partial charge in [-0.1, -0.05) is 11.8 Å². The highest BCUT2D eigenvalue weighted by molar-refractivity contribution is 8.14. The number of rotatable bonds is 4. The van der Waals surface area contributed by atoms with Crippen molar-refractivity contribution in [1.29, 1.82) is 0 Å². The van der Waals surface area contributed by atoms with E-state index in [-0.39, 0.29) is 36.5 Å². The minimum atomic E-state index is -0.765. The Morgan fingerprint density at radius 3 is 2.83 bits per heavy atom. The number of halogens is 3. The number of thioether (sulfide) groups is 1. The average Bonchev–Trinajstić information content (AvgIpc) is 3.22. The van der Waals surface area contributed by atoms with Crippen LogP contribution in [-0.2, 0) is 4.79 Å². The second-order valence-corrected chi connectivity index (χ2v) is 6.58. The van der Waals surface area contributed by atoms with Crippen LogP contribution in [0.15, 0.2) is 23.2 Å². The molecular formula is C15H18ClF2N3OS. The molecule has 1 amide bonds. The van der Waals surface area contributed by atoms with E-state index in [0.29, 0.717) is 6.04 Å². The number of amides is 1. The second-order valence-electron chi connectivity index (χ2n) is 5.60. The molecule has 8 heteroatoms. The topological polar surface area (TPSA) is 44.7 Å². The number of hydrogen-bond donors (Lipinski definition) is 1. The van der Waals surface area contributed by atoms with Crippen molar-refractivity contribution >= 4 is 40.9 Å². The van der Waals surface area contributed by atoms with Gasteiger partial charge < -0.3 is 10.2 Å². The lowest BCUT2D eigenvalue weighted by molar-refractivity contribution is -0.116. The van der Waals surface area contributed by atoms with Crippen LogP contribution in [0, 0.1) is 11.6 Å². The van der Waals surface area contributed by atoms with Crippen LogP contribution in [0.25, 0.3) is 0 Å². The van der Waals surface area contributed by atoms with Crippen molar-refractivity contribution in [2.75, 3.05) is 18.1 Å². The molecule has 1 saturated heterocycles. The molecule has 1 N–H and O–H groups in total. The fourth-order valence-electron chi connectivity index (χ4n) is 2.23. The highest BCUT2D eigenvalue weighted by Gasteiger charge is 2.31. The average molecular weight is 362 g/mol. The van der Waals surface area contributed by atoms with Crippen molar-refractivity contribution in [3.05, 3.63) is 29.8 Å². The normalized spacial score (nSPS) is 22.1. The maximum absolute atomic E-state index is 13.5. The highest BCUT2D eigenvalue weighted by atomic mass is 35.5. The standard InChI is InChI=1S/C15H17F2N3OS.ClH/c1-20-11(8-22-15(20)18-10-3-4-10)7-14(21)19-13-5-2-9(16)6-12(13)17;/h2,5-6,10-11H,3-4,7-8H2,1H3,(H,19,21);1H. The lowest BCUT2D eigenvalue weighted by Crippen LogP contribution is -2.33. The summed E-state index contributed by atoms with van der Waals surface area (Å²) in [5.74, 6) is -0.918. The molecule has 4 nitrogen and oxygen atoms in total. The molecule has 2 aliphatic rings. The van der Waals surface area contributed by atoms with Crippen LogP contribution in [0.4, 0.5) is 14.5 Å². The highest BCUT2D eigenvalue weighted by Crippen LogP contribution is 2.30. The quantitative estimate of drug-likeness (QED) is 0.895. The summed E-state index contributed by atoms with van der Waals surface area (Å²) in [4.78, 5) is 18.7. The third-order valence-corrected chi connectivity index (χ3v) is 4.92. The number of nitrogens with one attached hydrogen (secondary N) is 1. The number of amidine groups is 1. The lowest BCUT2D eigenvalue weighted by atomic mass is 10.2. The molecule has 1 saturated carbocycles. The fraction of sp³-hybridized carbons (Fsp3) is 0.467. The molecule has 0 aromatic heterocycles. The SMILES string of the molecule is CN1C(=NC2CC2)SCC1CC(=O)Nc1ccc(F)cc1F.Cl. The molecule has 3 rings (SSSR count). The molecule has 1 aromatic carbocycles. The molecule has 1 heterocycles. The van der Waals surface area contributed by atoms with Crippen LogP contribution in [0.3, 0.4) is 0 Å². The van der Waals surface area contributed by atoms with Crippen molar-refractivity contribution in [2.45, 2.75) is 31.3 Å². The summed E-state index contributed by atoms with van der Waals surface area (Å²) in [6, 6.07) is 3.61. The van der Waals surface area contributed by atoms with Gasteiger partial charge in [0.05, 0.1) is 11.7 Å². The Kier molecular flexibility index (Phi) is 5.86. The summed E-state index contributed by atoms with van der Waals surface area (Å²) in [5, 5.41) is 3.48. The van der Waals surface area contributed by atoms with Gasteiger partial charge in [0, 0.05) is 31.3 Å². The predicted octanol–water partition coefficient (Wildman–Crippen LogP) is 3.28. The third-order valence-electron chi connectivity index (χ3n) is 3.72. The molecule has 0 radical (unpaired) electrons. The summed E-state index contributed by atoms with van der Waals surface area (Å²) in [6.07, 6.45) is 2.55. The molecular weight excluding hydrogens is 344 g/mol. The maximum Gasteiger partial charge on any atom is 0.226 e. The maximum atomic E-state index is 13.5. The number of carbonyl (C=O) groups is 1. The number of benzene rings is 1. The smallest absolute Gasteiger partial charge is 0.226 e. The Bertz CT molecular complexity index is 625. The number of carbonyl (C=O) groups excluding carboxylic acids is 1. The molecule has 126 valence electrons. The summed E-state index contributed by atoms with van der Waals surface area (Å²) in [5.41, 5.74) is 0.00609. The van der Waals surface area contributed by atoms with E-state index < -0.39 is 11.6 Å². The first-order valence-electron chi connectivity index (χ1n) is 7.21. The summed E-state index contributed by atoms with van der Waals surface area (Å²) in [7, 11) is 1.93. The minimum absolute atomic E-state index is 0. The molecule has 1 aromatic rings. The Morgan fingerprint density at radius 1 is 1.43 bits per heavy atom. The van der Waals surface area contributed by atoms with Crippen molar-refractivity contribution in [2.24, 2.45) is 4.99 Å². The van der Waals surface area contributed by atoms with Crippen LogP contribution in [0.2, 0.25) is 0 Å². The third kappa shape index (κ3) is 4.57. The van der Waals surface area contributed by atoms with Gasteiger partial charge in [-0.05, 0) is 25.0 Å². The van der Waals surface area contributed by atoms with E-state index in [1.807, 2.05) is 11.9 Å². The van der Waals surface area contributed by atoms with Crippen molar-refractivity contribution in [3.63, 3.8) is 0 Å². The van der Waals surface area contributed by atoms with Crippen LogP contribution in [-0.4, -0.2) is 40.9 Å². The predicted molar refractivity (Wildman–Crippen MR) is 91.3 cm³/mol. The molecule has 0 spiro atoms. The zero-order valence-corrected chi connectivity index (χ0v) is 14.2. The molecule has 0 bridgehead atoms. The zero-order chi connectivity index (χ0) is 15.7. The molecule has 1 unspecified atom stereocenters.